The average molecular weight is 427 g/mol. The number of aryl methyl sites for hydroxylation is 1. The van der Waals surface area contributed by atoms with Gasteiger partial charge in [0.15, 0.2) is 5.82 Å². The molecule has 1 atom stereocenters. The van der Waals surface area contributed by atoms with Gasteiger partial charge in [0.1, 0.15) is 11.3 Å². The molecule has 2 N–H and O–H groups in total. The maximum Gasteiger partial charge on any atom is 0.261 e. The number of allylic oxidation sites excluding steroid dienone is 2. The van der Waals surface area contributed by atoms with E-state index in [0.717, 1.165) is 0 Å². The molecule has 0 amide bonds. The highest BCUT2D eigenvalue weighted by Gasteiger charge is 2.41. The van der Waals surface area contributed by atoms with Crippen LogP contribution in [0.2, 0.25) is 0 Å². The standard InChI is InChI=1S/C19H18Cl2F2N4O/c1-10(20)16(21)15(11(2)22)19(4-5-24-8-19)26-12-6-13-17(14(23)7-12)25-9-27(3)18(13)28/h6-7,9,24,26H,1-2,4-5,8H2,3H3/b16-15-. The Kier molecular flexibility index (Phi) is 5.61. The Bertz CT molecular complexity index is 1070. The molecule has 1 aliphatic heterocycles. The van der Waals surface area contributed by atoms with Gasteiger partial charge in [-0.05, 0) is 25.1 Å². The Morgan fingerprint density at radius 1 is 1.39 bits per heavy atom. The van der Waals surface area contributed by atoms with E-state index >= 15 is 0 Å². The Balaban J connectivity index is 2.17. The molecule has 0 spiro atoms. The van der Waals surface area contributed by atoms with E-state index in [-0.39, 0.29) is 38.8 Å². The summed E-state index contributed by atoms with van der Waals surface area (Å²) in [6.07, 6.45) is 1.68. The lowest BCUT2D eigenvalue weighted by molar-refractivity contribution is 0.545. The zero-order chi connectivity index (χ0) is 20.6. The first-order valence-corrected chi connectivity index (χ1v) is 9.15. The Morgan fingerprint density at radius 2 is 2.11 bits per heavy atom. The van der Waals surface area contributed by atoms with Gasteiger partial charge >= 0.3 is 0 Å². The zero-order valence-electron chi connectivity index (χ0n) is 15.1. The Labute approximate surface area is 170 Å². The third-order valence-electron chi connectivity index (χ3n) is 4.72. The van der Waals surface area contributed by atoms with E-state index in [1.165, 1.54) is 30.1 Å². The number of halogens is 4. The Morgan fingerprint density at radius 3 is 2.68 bits per heavy atom. The summed E-state index contributed by atoms with van der Waals surface area (Å²) in [6, 6.07) is 2.69. The molecule has 2 heterocycles. The molecule has 5 nitrogen and oxygen atoms in total. The first-order chi connectivity index (χ1) is 13.2. The van der Waals surface area contributed by atoms with Crippen molar-refractivity contribution in [3.8, 4) is 0 Å². The van der Waals surface area contributed by atoms with Crippen LogP contribution in [0.4, 0.5) is 14.5 Å². The SMILES string of the molecule is C=C(Cl)/C(Cl)=C(\C(=C)F)C1(Nc2cc(F)c3ncn(C)c(=O)c3c2)CCNC1. The van der Waals surface area contributed by atoms with Crippen molar-refractivity contribution in [3.05, 3.63) is 69.3 Å². The van der Waals surface area contributed by atoms with Crippen molar-refractivity contribution in [2.45, 2.75) is 12.0 Å². The second kappa shape index (κ2) is 7.66. The minimum absolute atomic E-state index is 0.0358. The molecule has 148 valence electrons. The van der Waals surface area contributed by atoms with Crippen molar-refractivity contribution in [2.75, 3.05) is 18.4 Å². The number of hydrogen-bond acceptors (Lipinski definition) is 4. The lowest BCUT2D eigenvalue weighted by atomic mass is 9.86. The van der Waals surface area contributed by atoms with Gasteiger partial charge in [-0.25, -0.2) is 13.8 Å². The molecule has 1 saturated heterocycles. The van der Waals surface area contributed by atoms with Crippen LogP contribution in [0.5, 0.6) is 0 Å². The fourth-order valence-electron chi connectivity index (χ4n) is 3.43. The Hall–Kier alpha value is -2.22. The third-order valence-corrected chi connectivity index (χ3v) is 5.42. The average Bonchev–Trinajstić information content (AvgIpc) is 3.07. The van der Waals surface area contributed by atoms with E-state index in [4.69, 9.17) is 23.2 Å². The molecule has 0 radical (unpaired) electrons. The van der Waals surface area contributed by atoms with Crippen molar-refractivity contribution in [1.82, 2.24) is 14.9 Å². The first-order valence-electron chi connectivity index (χ1n) is 8.40. The van der Waals surface area contributed by atoms with Crippen molar-refractivity contribution < 1.29 is 8.78 Å². The van der Waals surface area contributed by atoms with Gasteiger partial charge in [0.05, 0.1) is 27.3 Å². The minimum Gasteiger partial charge on any atom is -0.374 e. The fourth-order valence-corrected chi connectivity index (χ4v) is 3.81. The summed E-state index contributed by atoms with van der Waals surface area (Å²) in [4.78, 5) is 16.3. The van der Waals surface area contributed by atoms with Gasteiger partial charge in [0, 0.05) is 24.9 Å². The van der Waals surface area contributed by atoms with E-state index in [1.54, 1.807) is 0 Å². The van der Waals surface area contributed by atoms with Crippen LogP contribution in [0.3, 0.4) is 0 Å². The number of hydrogen-bond donors (Lipinski definition) is 2. The number of nitrogens with one attached hydrogen (secondary N) is 2. The van der Waals surface area contributed by atoms with Crippen molar-refractivity contribution >= 4 is 39.8 Å². The molecule has 0 aliphatic carbocycles. The number of benzene rings is 1. The molecule has 1 fully saturated rings. The highest BCUT2D eigenvalue weighted by Crippen LogP contribution is 2.39. The molecule has 0 bridgehead atoms. The highest BCUT2D eigenvalue weighted by molar-refractivity contribution is 6.44. The largest absolute Gasteiger partial charge is 0.374 e. The summed E-state index contributed by atoms with van der Waals surface area (Å²) >= 11 is 12.1. The predicted octanol–water partition coefficient (Wildman–Crippen LogP) is 3.95. The normalized spacial score (nSPS) is 20.2. The summed E-state index contributed by atoms with van der Waals surface area (Å²) < 4.78 is 30.2. The van der Waals surface area contributed by atoms with Gasteiger partial charge in [-0.2, -0.15) is 0 Å². The van der Waals surface area contributed by atoms with Gasteiger partial charge in [0.25, 0.3) is 5.56 Å². The number of rotatable bonds is 5. The molecule has 1 aromatic carbocycles. The lowest BCUT2D eigenvalue weighted by Crippen LogP contribution is -2.43. The first kappa shape index (κ1) is 20.5. The molecule has 1 unspecified atom stereocenters. The summed E-state index contributed by atoms with van der Waals surface area (Å²) in [6.45, 7) is 7.77. The summed E-state index contributed by atoms with van der Waals surface area (Å²) in [7, 11) is 1.52. The van der Waals surface area contributed by atoms with E-state index in [2.05, 4.69) is 28.8 Å². The van der Waals surface area contributed by atoms with Crippen LogP contribution in [0.1, 0.15) is 6.42 Å². The van der Waals surface area contributed by atoms with Gasteiger partial charge in [-0.3, -0.25) is 4.79 Å². The second-order valence-corrected chi connectivity index (χ2v) is 7.48. The lowest BCUT2D eigenvalue weighted by Gasteiger charge is -2.34. The van der Waals surface area contributed by atoms with Crippen molar-refractivity contribution in [1.29, 1.82) is 0 Å². The maximum atomic E-state index is 14.6. The van der Waals surface area contributed by atoms with E-state index in [9.17, 15) is 13.6 Å². The number of aromatic nitrogens is 2. The van der Waals surface area contributed by atoms with Crippen molar-refractivity contribution in [3.63, 3.8) is 0 Å². The van der Waals surface area contributed by atoms with Crippen LogP contribution < -0.4 is 16.2 Å². The summed E-state index contributed by atoms with van der Waals surface area (Å²) in [5, 5.41) is 6.26. The molecule has 3 rings (SSSR count). The fraction of sp³-hybridized carbons (Fsp3) is 0.263. The van der Waals surface area contributed by atoms with Crippen molar-refractivity contribution in [2.24, 2.45) is 7.05 Å². The summed E-state index contributed by atoms with van der Waals surface area (Å²) in [5.41, 5.74) is -1.16. The molecule has 9 heteroatoms. The summed E-state index contributed by atoms with van der Waals surface area (Å²) in [5.74, 6) is -1.45. The number of nitrogens with zero attached hydrogens (tertiary/aromatic N) is 2. The predicted molar refractivity (Wildman–Crippen MR) is 109 cm³/mol. The monoisotopic (exact) mass is 426 g/mol. The quantitative estimate of drug-likeness (QED) is 0.710. The van der Waals surface area contributed by atoms with E-state index in [0.29, 0.717) is 13.0 Å². The van der Waals surface area contributed by atoms with Crippen LogP contribution in [0.25, 0.3) is 10.9 Å². The molecule has 28 heavy (non-hydrogen) atoms. The highest BCUT2D eigenvalue weighted by atomic mass is 35.5. The number of fused-ring (bicyclic) bond motifs is 1. The molecule has 1 aliphatic rings. The van der Waals surface area contributed by atoms with Crippen LogP contribution in [-0.2, 0) is 7.05 Å². The molecule has 0 saturated carbocycles. The number of anilines is 1. The van der Waals surface area contributed by atoms with Gasteiger partial charge < -0.3 is 15.2 Å². The van der Waals surface area contributed by atoms with Gasteiger partial charge in [-0.1, -0.05) is 36.4 Å². The van der Waals surface area contributed by atoms with E-state index < -0.39 is 22.7 Å². The van der Waals surface area contributed by atoms with Gasteiger partial charge in [-0.15, -0.1) is 0 Å². The van der Waals surface area contributed by atoms with Crippen LogP contribution in [0, 0.1) is 5.82 Å². The third kappa shape index (κ3) is 3.57. The smallest absolute Gasteiger partial charge is 0.261 e. The maximum absolute atomic E-state index is 14.6. The second-order valence-electron chi connectivity index (χ2n) is 6.65. The topological polar surface area (TPSA) is 59.0 Å². The molecular formula is C19H18Cl2F2N4O. The molecular weight excluding hydrogens is 409 g/mol. The van der Waals surface area contributed by atoms with Crippen LogP contribution in [-0.4, -0.2) is 28.2 Å². The molecule has 2 aromatic rings. The van der Waals surface area contributed by atoms with Crippen LogP contribution >= 0.6 is 23.2 Å². The zero-order valence-corrected chi connectivity index (χ0v) is 16.6. The minimum atomic E-state index is -1.05. The molecule has 1 aromatic heterocycles. The van der Waals surface area contributed by atoms with Gasteiger partial charge in [0.2, 0.25) is 0 Å². The van der Waals surface area contributed by atoms with Crippen LogP contribution in [0.15, 0.2) is 57.9 Å². The van der Waals surface area contributed by atoms with E-state index in [1.807, 2.05) is 0 Å².